The lowest BCUT2D eigenvalue weighted by atomic mass is 10.1. The fourth-order valence-corrected chi connectivity index (χ4v) is 2.90. The number of benzene rings is 2. The largest absolute Gasteiger partial charge is 0.508 e. The van der Waals surface area contributed by atoms with Crippen LogP contribution in [0.3, 0.4) is 0 Å². The minimum absolute atomic E-state index is 0.0415. The van der Waals surface area contributed by atoms with Crippen LogP contribution < -0.4 is 16.4 Å². The van der Waals surface area contributed by atoms with Crippen LogP contribution in [0, 0.1) is 0 Å². The third-order valence-corrected chi connectivity index (χ3v) is 4.59. The molecule has 3 rings (SSSR count). The maximum atomic E-state index is 12.1. The summed E-state index contributed by atoms with van der Waals surface area (Å²) in [5.74, 6) is -0.615. The number of hydrogen-bond acceptors (Lipinski definition) is 8. The first-order chi connectivity index (χ1) is 15.3. The highest BCUT2D eigenvalue weighted by atomic mass is 16.5. The van der Waals surface area contributed by atoms with Gasteiger partial charge in [0.2, 0.25) is 5.89 Å². The minimum Gasteiger partial charge on any atom is -0.508 e. The van der Waals surface area contributed by atoms with Crippen molar-refractivity contribution in [2.75, 3.05) is 0 Å². The van der Waals surface area contributed by atoms with Crippen LogP contribution >= 0.6 is 0 Å². The predicted octanol–water partition coefficient (Wildman–Crippen LogP) is 1.22. The summed E-state index contributed by atoms with van der Waals surface area (Å²) in [6, 6.07) is 10.2. The van der Waals surface area contributed by atoms with E-state index in [1.54, 1.807) is 36.4 Å². The van der Waals surface area contributed by atoms with Crippen molar-refractivity contribution >= 4 is 12.0 Å². The average molecular weight is 441 g/mol. The summed E-state index contributed by atoms with van der Waals surface area (Å²) in [5, 5.41) is 36.7. The Balaban J connectivity index is 1.50. The van der Waals surface area contributed by atoms with Gasteiger partial charge in [-0.3, -0.25) is 0 Å². The summed E-state index contributed by atoms with van der Waals surface area (Å²) in [6.45, 7) is -0.115. The molecule has 2 atom stereocenters. The highest BCUT2D eigenvalue weighted by molar-refractivity contribution is 5.82. The second-order valence-electron chi connectivity index (χ2n) is 7.11. The smallest absolute Gasteiger partial charge is 0.326 e. The Morgan fingerprint density at radius 3 is 2.09 bits per heavy atom. The van der Waals surface area contributed by atoms with Gasteiger partial charge in [-0.15, -0.1) is 0 Å². The number of rotatable bonds is 9. The maximum Gasteiger partial charge on any atom is 0.326 e. The number of nitrogens with two attached hydrogens (primary N) is 1. The zero-order valence-electron chi connectivity index (χ0n) is 16.9. The molecule has 0 fully saturated rings. The number of hydrogen-bond donors (Lipinski definition) is 6. The van der Waals surface area contributed by atoms with Crippen molar-refractivity contribution in [1.29, 1.82) is 0 Å². The number of aromatic nitrogens is 2. The van der Waals surface area contributed by atoms with Gasteiger partial charge in [-0.1, -0.05) is 29.4 Å². The van der Waals surface area contributed by atoms with Crippen molar-refractivity contribution in [2.24, 2.45) is 5.73 Å². The molecule has 1 heterocycles. The van der Waals surface area contributed by atoms with E-state index < -0.39 is 24.1 Å². The molecule has 0 saturated heterocycles. The Labute approximate surface area is 182 Å². The lowest BCUT2D eigenvalue weighted by molar-refractivity contribution is -0.139. The van der Waals surface area contributed by atoms with E-state index in [2.05, 4.69) is 20.8 Å². The third kappa shape index (κ3) is 6.44. The van der Waals surface area contributed by atoms with E-state index in [9.17, 15) is 24.9 Å². The number of aliphatic carboxylic acids is 1. The molecule has 2 amide bonds. The van der Waals surface area contributed by atoms with E-state index in [-0.39, 0.29) is 36.2 Å². The van der Waals surface area contributed by atoms with Crippen LogP contribution in [0.1, 0.15) is 28.9 Å². The number of carboxylic acid groups (broad SMARTS) is 1. The van der Waals surface area contributed by atoms with Crippen molar-refractivity contribution in [3.63, 3.8) is 0 Å². The molecule has 0 radical (unpaired) electrons. The van der Waals surface area contributed by atoms with Gasteiger partial charge in [-0.2, -0.15) is 4.98 Å². The Bertz CT molecular complexity index is 1050. The molecule has 2 unspecified atom stereocenters. The van der Waals surface area contributed by atoms with E-state index >= 15 is 0 Å². The summed E-state index contributed by atoms with van der Waals surface area (Å²) in [7, 11) is 0. The van der Waals surface area contributed by atoms with E-state index in [4.69, 9.17) is 10.3 Å². The summed E-state index contributed by atoms with van der Waals surface area (Å²) >= 11 is 0. The lowest BCUT2D eigenvalue weighted by Gasteiger charge is -2.15. The molecular formula is C21H23N5O6. The number of carbonyl (C=O) groups excluding carboxylic acids is 1. The molecule has 0 aliphatic rings. The molecule has 11 heteroatoms. The van der Waals surface area contributed by atoms with Crippen LogP contribution in [0.5, 0.6) is 11.5 Å². The number of nitrogens with zero attached hydrogens (tertiary/aromatic N) is 2. The molecule has 1 aromatic heterocycles. The second kappa shape index (κ2) is 10.3. The molecule has 0 aliphatic heterocycles. The molecule has 3 aromatic rings. The van der Waals surface area contributed by atoms with Gasteiger partial charge in [0, 0.05) is 6.42 Å². The predicted molar refractivity (Wildman–Crippen MR) is 112 cm³/mol. The highest BCUT2D eigenvalue weighted by Crippen LogP contribution is 2.16. The van der Waals surface area contributed by atoms with E-state index in [1.165, 1.54) is 12.1 Å². The maximum absolute atomic E-state index is 12.1. The van der Waals surface area contributed by atoms with Gasteiger partial charge in [-0.25, -0.2) is 9.59 Å². The third-order valence-electron chi connectivity index (χ3n) is 4.59. The van der Waals surface area contributed by atoms with Gasteiger partial charge in [0.25, 0.3) is 0 Å². The van der Waals surface area contributed by atoms with Gasteiger partial charge < -0.3 is 36.2 Å². The zero-order valence-corrected chi connectivity index (χ0v) is 16.9. The van der Waals surface area contributed by atoms with E-state index in [1.807, 2.05) is 0 Å². The number of aromatic hydroxyl groups is 2. The highest BCUT2D eigenvalue weighted by Gasteiger charge is 2.21. The second-order valence-corrected chi connectivity index (χ2v) is 7.11. The molecular weight excluding hydrogens is 418 g/mol. The van der Waals surface area contributed by atoms with Gasteiger partial charge >= 0.3 is 12.0 Å². The summed E-state index contributed by atoms with van der Waals surface area (Å²) < 4.78 is 5.09. The van der Waals surface area contributed by atoms with Crippen molar-refractivity contribution in [3.8, 4) is 11.5 Å². The normalized spacial score (nSPS) is 12.7. The zero-order chi connectivity index (χ0) is 23.1. The number of amides is 2. The number of urea groups is 1. The SMILES string of the molecule is NC(Cc1ccc(O)cc1)c1noc(CNC(=O)NC(Cc2ccc(O)cc2)C(=O)O)n1. The molecule has 0 aliphatic carbocycles. The Hall–Kier alpha value is -4.12. The molecule has 168 valence electrons. The summed E-state index contributed by atoms with van der Waals surface area (Å²) in [6.07, 6.45) is 0.463. The lowest BCUT2D eigenvalue weighted by Crippen LogP contribution is -2.46. The number of carboxylic acids is 1. The molecule has 32 heavy (non-hydrogen) atoms. The molecule has 11 nitrogen and oxygen atoms in total. The topological polar surface area (TPSA) is 184 Å². The van der Waals surface area contributed by atoms with Crippen LogP contribution in [0.25, 0.3) is 0 Å². The van der Waals surface area contributed by atoms with Crippen molar-refractivity contribution in [3.05, 3.63) is 71.4 Å². The number of phenols is 2. The van der Waals surface area contributed by atoms with Crippen LogP contribution in [0.15, 0.2) is 53.1 Å². The van der Waals surface area contributed by atoms with Gasteiger partial charge in [0.1, 0.15) is 17.5 Å². The van der Waals surface area contributed by atoms with Crippen LogP contribution in [0.2, 0.25) is 0 Å². The van der Waals surface area contributed by atoms with Gasteiger partial charge in [-0.05, 0) is 41.8 Å². The summed E-state index contributed by atoms with van der Waals surface area (Å²) in [5.41, 5.74) is 7.61. The fourth-order valence-electron chi connectivity index (χ4n) is 2.90. The van der Waals surface area contributed by atoms with E-state index in [0.29, 0.717) is 12.0 Å². The van der Waals surface area contributed by atoms with Gasteiger partial charge in [0.05, 0.1) is 12.6 Å². The van der Waals surface area contributed by atoms with Gasteiger partial charge in [0.15, 0.2) is 5.82 Å². The Morgan fingerprint density at radius 2 is 1.53 bits per heavy atom. The first-order valence-corrected chi connectivity index (χ1v) is 9.71. The summed E-state index contributed by atoms with van der Waals surface area (Å²) in [4.78, 5) is 27.7. The molecule has 0 spiro atoms. The molecule has 0 bridgehead atoms. The first kappa shape index (κ1) is 22.6. The molecule has 2 aromatic carbocycles. The van der Waals surface area contributed by atoms with Crippen molar-refractivity contribution in [2.45, 2.75) is 31.5 Å². The Kier molecular flexibility index (Phi) is 7.24. The molecule has 0 saturated carbocycles. The van der Waals surface area contributed by atoms with Crippen LogP contribution in [-0.4, -0.2) is 43.5 Å². The monoisotopic (exact) mass is 441 g/mol. The number of phenolic OH excluding ortho intramolecular Hbond substituents is 2. The van der Waals surface area contributed by atoms with Crippen LogP contribution in [-0.2, 0) is 24.2 Å². The quantitative estimate of drug-likeness (QED) is 0.284. The Morgan fingerprint density at radius 1 is 0.969 bits per heavy atom. The van der Waals surface area contributed by atoms with Crippen molar-refractivity contribution in [1.82, 2.24) is 20.8 Å². The first-order valence-electron chi connectivity index (χ1n) is 9.71. The fraction of sp³-hybridized carbons (Fsp3) is 0.238. The van der Waals surface area contributed by atoms with Crippen LogP contribution in [0.4, 0.5) is 4.79 Å². The average Bonchev–Trinajstić information content (AvgIpc) is 3.24. The number of nitrogens with one attached hydrogen (secondary N) is 2. The van der Waals surface area contributed by atoms with E-state index in [0.717, 1.165) is 5.56 Å². The van der Waals surface area contributed by atoms with Crippen molar-refractivity contribution < 1.29 is 29.4 Å². The minimum atomic E-state index is -1.20. The standard InChI is InChI=1S/C21H23N5O6/c22-16(9-12-1-5-14(27)6-2-12)19-25-18(32-26-19)11-23-21(31)24-17(20(29)30)10-13-3-7-15(28)8-4-13/h1-8,16-17,27-28H,9-11,22H2,(H,29,30)(H2,23,24,31). The number of carbonyl (C=O) groups is 2. The molecule has 7 N–H and O–H groups in total.